The topological polar surface area (TPSA) is 54.9 Å². The third-order valence-corrected chi connectivity index (χ3v) is 4.77. The van der Waals surface area contributed by atoms with Crippen molar-refractivity contribution in [3.8, 4) is 11.5 Å². The van der Waals surface area contributed by atoms with Gasteiger partial charge >= 0.3 is 6.18 Å². The summed E-state index contributed by atoms with van der Waals surface area (Å²) in [4.78, 5) is 20.2. The SMILES string of the molecule is O=C([C@H]1COc2ccccc2O1)N1CCN(c2cc(C(F)(F)F)ccn2)CC1. The smallest absolute Gasteiger partial charge is 0.416 e. The molecule has 2 aromatic rings. The molecule has 3 heterocycles. The monoisotopic (exact) mass is 393 g/mol. The van der Waals surface area contributed by atoms with Crippen LogP contribution in [0.5, 0.6) is 11.5 Å². The van der Waals surface area contributed by atoms with E-state index in [1.165, 1.54) is 0 Å². The van der Waals surface area contributed by atoms with E-state index in [0.717, 1.165) is 18.3 Å². The highest BCUT2D eigenvalue weighted by Gasteiger charge is 2.34. The molecule has 2 aliphatic heterocycles. The molecule has 0 aliphatic carbocycles. The number of halogens is 3. The highest BCUT2D eigenvalue weighted by molar-refractivity contribution is 5.82. The molecule has 9 heteroatoms. The van der Waals surface area contributed by atoms with Gasteiger partial charge in [0.1, 0.15) is 12.4 Å². The van der Waals surface area contributed by atoms with Crippen molar-refractivity contribution in [3.05, 3.63) is 48.2 Å². The number of ether oxygens (including phenoxy) is 2. The molecule has 0 unspecified atom stereocenters. The molecule has 6 nitrogen and oxygen atoms in total. The average molecular weight is 393 g/mol. The van der Waals surface area contributed by atoms with Gasteiger partial charge in [-0.15, -0.1) is 0 Å². The van der Waals surface area contributed by atoms with Crippen LogP contribution >= 0.6 is 0 Å². The Morgan fingerprint density at radius 2 is 1.79 bits per heavy atom. The van der Waals surface area contributed by atoms with E-state index in [0.29, 0.717) is 37.7 Å². The van der Waals surface area contributed by atoms with Crippen LogP contribution in [0.2, 0.25) is 0 Å². The molecular weight excluding hydrogens is 375 g/mol. The Morgan fingerprint density at radius 3 is 2.50 bits per heavy atom. The molecule has 2 aliphatic rings. The zero-order chi connectivity index (χ0) is 19.7. The molecule has 0 radical (unpaired) electrons. The zero-order valence-electron chi connectivity index (χ0n) is 14.9. The Bertz CT molecular complexity index is 867. The third kappa shape index (κ3) is 3.69. The molecule has 4 rings (SSSR count). The van der Waals surface area contributed by atoms with Crippen LogP contribution in [-0.2, 0) is 11.0 Å². The van der Waals surface area contributed by atoms with Gasteiger partial charge in [0.15, 0.2) is 11.5 Å². The van der Waals surface area contributed by atoms with Crippen LogP contribution in [0.25, 0.3) is 0 Å². The molecule has 1 atom stereocenters. The molecule has 1 fully saturated rings. The lowest BCUT2D eigenvalue weighted by atomic mass is 10.2. The molecule has 1 aromatic heterocycles. The van der Waals surface area contributed by atoms with Crippen molar-refractivity contribution in [2.24, 2.45) is 0 Å². The van der Waals surface area contributed by atoms with Crippen molar-refractivity contribution in [2.45, 2.75) is 12.3 Å². The number of alkyl halides is 3. The number of carbonyl (C=O) groups is 1. The fourth-order valence-electron chi connectivity index (χ4n) is 3.27. The standard InChI is InChI=1S/C19H18F3N3O3/c20-19(21,22)13-5-6-23-17(11-13)24-7-9-25(10-8-24)18(26)16-12-27-14-3-1-2-4-15(14)28-16/h1-6,11,16H,7-10,12H2/t16-/m1/s1. The van der Waals surface area contributed by atoms with E-state index in [2.05, 4.69) is 4.98 Å². The van der Waals surface area contributed by atoms with Gasteiger partial charge in [0, 0.05) is 32.4 Å². The zero-order valence-corrected chi connectivity index (χ0v) is 14.9. The van der Waals surface area contributed by atoms with Crippen LogP contribution < -0.4 is 14.4 Å². The summed E-state index contributed by atoms with van der Waals surface area (Å²) in [5.74, 6) is 1.20. The maximum atomic E-state index is 12.9. The molecule has 1 saturated heterocycles. The van der Waals surface area contributed by atoms with Crippen molar-refractivity contribution in [3.63, 3.8) is 0 Å². The summed E-state index contributed by atoms with van der Waals surface area (Å²) >= 11 is 0. The van der Waals surface area contributed by atoms with Gasteiger partial charge in [-0.1, -0.05) is 12.1 Å². The van der Waals surface area contributed by atoms with Crippen molar-refractivity contribution in [2.75, 3.05) is 37.7 Å². The number of pyridine rings is 1. The van der Waals surface area contributed by atoms with Crippen LogP contribution in [0, 0.1) is 0 Å². The average Bonchev–Trinajstić information content (AvgIpc) is 2.72. The summed E-state index contributed by atoms with van der Waals surface area (Å²) in [6, 6.07) is 9.12. The first-order chi connectivity index (χ1) is 13.4. The van der Waals surface area contributed by atoms with Crippen molar-refractivity contribution < 1.29 is 27.4 Å². The molecule has 1 amide bonds. The van der Waals surface area contributed by atoms with Crippen LogP contribution in [0.4, 0.5) is 19.0 Å². The van der Waals surface area contributed by atoms with Gasteiger partial charge in [0.2, 0.25) is 6.10 Å². The second kappa shape index (κ2) is 7.21. The first-order valence-corrected chi connectivity index (χ1v) is 8.87. The molecule has 28 heavy (non-hydrogen) atoms. The number of aromatic nitrogens is 1. The van der Waals surface area contributed by atoms with E-state index < -0.39 is 17.8 Å². The normalized spacial score (nSPS) is 19.5. The van der Waals surface area contributed by atoms with E-state index in [4.69, 9.17) is 9.47 Å². The number of carbonyl (C=O) groups excluding carboxylic acids is 1. The van der Waals surface area contributed by atoms with Crippen molar-refractivity contribution >= 4 is 11.7 Å². The van der Waals surface area contributed by atoms with E-state index in [9.17, 15) is 18.0 Å². The second-order valence-corrected chi connectivity index (χ2v) is 6.58. The van der Waals surface area contributed by atoms with Crippen LogP contribution in [0.15, 0.2) is 42.6 Å². The Morgan fingerprint density at radius 1 is 1.07 bits per heavy atom. The molecular formula is C19H18F3N3O3. The minimum Gasteiger partial charge on any atom is -0.485 e. The summed E-state index contributed by atoms with van der Waals surface area (Å²) in [6.45, 7) is 1.66. The van der Waals surface area contributed by atoms with Gasteiger partial charge < -0.3 is 19.3 Å². The number of nitrogens with zero attached hydrogens (tertiary/aromatic N) is 3. The minimum atomic E-state index is -4.41. The van der Waals surface area contributed by atoms with Gasteiger partial charge in [0.25, 0.3) is 5.91 Å². The van der Waals surface area contributed by atoms with Gasteiger partial charge in [0.05, 0.1) is 5.56 Å². The fraction of sp³-hybridized carbons (Fsp3) is 0.368. The summed E-state index contributed by atoms with van der Waals surface area (Å²) in [5.41, 5.74) is -0.734. The number of hydrogen-bond acceptors (Lipinski definition) is 5. The number of rotatable bonds is 2. The lowest BCUT2D eigenvalue weighted by molar-refractivity contribution is -0.141. The lowest BCUT2D eigenvalue weighted by Crippen LogP contribution is -2.54. The minimum absolute atomic E-state index is 0.130. The molecule has 0 saturated carbocycles. The number of amides is 1. The maximum Gasteiger partial charge on any atom is 0.416 e. The van der Waals surface area contributed by atoms with Gasteiger partial charge in [-0.05, 0) is 24.3 Å². The Hall–Kier alpha value is -2.97. The number of piperazine rings is 1. The number of hydrogen-bond donors (Lipinski definition) is 0. The number of fused-ring (bicyclic) bond motifs is 1. The van der Waals surface area contributed by atoms with Crippen LogP contribution in [-0.4, -0.2) is 54.7 Å². The summed E-state index contributed by atoms with van der Waals surface area (Å²) in [6.07, 6.45) is -3.99. The fourth-order valence-corrected chi connectivity index (χ4v) is 3.27. The van der Waals surface area contributed by atoms with Gasteiger partial charge in [-0.2, -0.15) is 13.2 Å². The lowest BCUT2D eigenvalue weighted by Gasteiger charge is -2.37. The second-order valence-electron chi connectivity index (χ2n) is 6.58. The Kier molecular flexibility index (Phi) is 4.74. The van der Waals surface area contributed by atoms with Crippen LogP contribution in [0.3, 0.4) is 0 Å². The van der Waals surface area contributed by atoms with Gasteiger partial charge in [-0.25, -0.2) is 4.98 Å². The van der Waals surface area contributed by atoms with Crippen molar-refractivity contribution in [1.82, 2.24) is 9.88 Å². The maximum absolute atomic E-state index is 12.9. The van der Waals surface area contributed by atoms with E-state index in [1.54, 1.807) is 28.0 Å². The van der Waals surface area contributed by atoms with Crippen molar-refractivity contribution in [1.29, 1.82) is 0 Å². The highest BCUT2D eigenvalue weighted by Crippen LogP contribution is 2.32. The number of anilines is 1. The molecule has 1 aromatic carbocycles. The predicted molar refractivity (Wildman–Crippen MR) is 94.4 cm³/mol. The molecule has 0 bridgehead atoms. The summed E-state index contributed by atoms with van der Waals surface area (Å²) in [5, 5.41) is 0. The molecule has 0 N–H and O–H groups in total. The Labute approximate surface area is 159 Å². The third-order valence-electron chi connectivity index (χ3n) is 4.77. The first kappa shape index (κ1) is 18.4. The van der Waals surface area contributed by atoms with E-state index in [-0.39, 0.29) is 18.3 Å². The molecule has 148 valence electrons. The van der Waals surface area contributed by atoms with Gasteiger partial charge in [-0.3, -0.25) is 4.79 Å². The highest BCUT2D eigenvalue weighted by atomic mass is 19.4. The largest absolute Gasteiger partial charge is 0.485 e. The van der Waals surface area contributed by atoms with E-state index >= 15 is 0 Å². The van der Waals surface area contributed by atoms with Crippen LogP contribution in [0.1, 0.15) is 5.56 Å². The Balaban J connectivity index is 1.38. The van der Waals surface area contributed by atoms with E-state index in [1.807, 2.05) is 6.07 Å². The summed E-state index contributed by atoms with van der Waals surface area (Å²) in [7, 11) is 0. The first-order valence-electron chi connectivity index (χ1n) is 8.87. The number of benzene rings is 1. The quantitative estimate of drug-likeness (QED) is 0.785. The summed E-state index contributed by atoms with van der Waals surface area (Å²) < 4.78 is 50.0. The predicted octanol–water partition coefficient (Wildman–Crippen LogP) is 2.59. The molecule has 0 spiro atoms. The number of para-hydroxylation sites is 2.